The Hall–Kier alpha value is -2.89. The number of aromatic nitrogens is 4. The van der Waals surface area contributed by atoms with Crippen LogP contribution in [-0.2, 0) is 4.79 Å². The summed E-state index contributed by atoms with van der Waals surface area (Å²) in [5.74, 6) is -2.71. The van der Waals surface area contributed by atoms with Crippen molar-refractivity contribution in [3.8, 4) is 5.88 Å². The Labute approximate surface area is 176 Å². The minimum atomic E-state index is -4.78. The second-order valence-electron chi connectivity index (χ2n) is 8.01. The molecule has 168 valence electrons. The predicted molar refractivity (Wildman–Crippen MR) is 104 cm³/mol. The van der Waals surface area contributed by atoms with E-state index >= 15 is 0 Å². The summed E-state index contributed by atoms with van der Waals surface area (Å²) in [6.45, 7) is 4.90. The van der Waals surface area contributed by atoms with Crippen molar-refractivity contribution in [3.05, 3.63) is 23.4 Å². The van der Waals surface area contributed by atoms with Crippen molar-refractivity contribution in [2.24, 2.45) is 0 Å². The molecule has 2 aromatic heterocycles. The number of alkyl halides is 3. The largest absolute Gasteiger partial charge is 0.474 e. The number of amides is 1. The molecular weight excluding hydrogens is 417 g/mol. The maximum atomic E-state index is 13.6. The molecule has 2 aliphatic heterocycles. The van der Waals surface area contributed by atoms with Crippen molar-refractivity contribution in [2.75, 3.05) is 23.3 Å². The predicted octanol–water partition coefficient (Wildman–Crippen LogP) is 2.33. The van der Waals surface area contributed by atoms with Crippen molar-refractivity contribution < 1.29 is 27.8 Å². The maximum Gasteiger partial charge on any atom is 0.398 e. The van der Waals surface area contributed by atoms with Crippen molar-refractivity contribution in [1.29, 1.82) is 0 Å². The summed E-state index contributed by atoms with van der Waals surface area (Å²) < 4.78 is 46.4. The zero-order valence-corrected chi connectivity index (χ0v) is 17.0. The summed E-state index contributed by atoms with van der Waals surface area (Å²) in [6.07, 6.45) is -5.89. The van der Waals surface area contributed by atoms with E-state index in [1.165, 1.54) is 0 Å². The number of nitrogens with one attached hydrogen (secondary N) is 2. The van der Waals surface area contributed by atoms with Gasteiger partial charge in [0.15, 0.2) is 11.6 Å². The molecule has 31 heavy (non-hydrogen) atoms. The second kappa shape index (κ2) is 7.98. The average molecular weight is 440 g/mol. The van der Waals surface area contributed by atoms with E-state index in [0.717, 1.165) is 0 Å². The van der Waals surface area contributed by atoms with Gasteiger partial charge in [-0.3, -0.25) is 9.89 Å². The molecule has 0 aliphatic carbocycles. The first-order valence-corrected chi connectivity index (χ1v) is 10.0. The minimum Gasteiger partial charge on any atom is -0.474 e. The number of rotatable bonds is 4. The number of piperidine rings is 1. The lowest BCUT2D eigenvalue weighted by Crippen LogP contribution is -2.44. The van der Waals surface area contributed by atoms with Gasteiger partial charge >= 0.3 is 6.18 Å². The van der Waals surface area contributed by atoms with Crippen LogP contribution in [0.3, 0.4) is 0 Å². The Kier molecular flexibility index (Phi) is 5.50. The van der Waals surface area contributed by atoms with Crippen LogP contribution in [0.25, 0.3) is 0 Å². The van der Waals surface area contributed by atoms with Gasteiger partial charge in [-0.1, -0.05) is 0 Å². The molecule has 2 unspecified atom stereocenters. The van der Waals surface area contributed by atoms with Crippen LogP contribution in [-0.4, -0.2) is 62.9 Å². The standard InChI is InChI=1S/C19H23F3N6O3/c1-9(2)31-12-4-3-11(24-25-12)28-7-5-10(6-8-28)15-13-14(19(20,21)22)16(29)18(30)23-17(13)27-26-15/h3-4,9-10,14,16,29H,5-8H2,1-2H3,(H2,23,26,27,30). The van der Waals surface area contributed by atoms with Crippen molar-refractivity contribution in [3.63, 3.8) is 0 Å². The van der Waals surface area contributed by atoms with Crippen molar-refractivity contribution >= 4 is 17.5 Å². The Morgan fingerprint density at radius 1 is 1.23 bits per heavy atom. The molecule has 1 fully saturated rings. The van der Waals surface area contributed by atoms with Gasteiger partial charge in [0.05, 0.1) is 6.10 Å². The SMILES string of the molecule is CC(C)Oc1ccc(N2CCC(c3[nH]nc4c3C(C(F)(F)F)C(O)C(=O)N4)CC2)nn1. The number of ether oxygens (including phenoxy) is 1. The lowest BCUT2D eigenvalue weighted by molar-refractivity contribution is -0.177. The number of hydrogen-bond acceptors (Lipinski definition) is 7. The van der Waals surface area contributed by atoms with Crippen LogP contribution in [0.2, 0.25) is 0 Å². The average Bonchev–Trinajstić information content (AvgIpc) is 3.11. The van der Waals surface area contributed by atoms with Gasteiger partial charge in [-0.25, -0.2) is 0 Å². The number of carbonyl (C=O) groups excluding carboxylic acids is 1. The number of carbonyl (C=O) groups is 1. The molecule has 3 N–H and O–H groups in total. The summed E-state index contributed by atoms with van der Waals surface area (Å²) in [5.41, 5.74) is 0.135. The molecule has 0 radical (unpaired) electrons. The summed E-state index contributed by atoms with van der Waals surface area (Å²) in [4.78, 5) is 13.7. The van der Waals surface area contributed by atoms with Gasteiger partial charge in [0.1, 0.15) is 12.0 Å². The first-order chi connectivity index (χ1) is 14.6. The lowest BCUT2D eigenvalue weighted by Gasteiger charge is -2.34. The first kappa shape index (κ1) is 21.3. The number of halogens is 3. The quantitative estimate of drug-likeness (QED) is 0.668. The van der Waals surface area contributed by atoms with E-state index in [9.17, 15) is 23.1 Å². The smallest absolute Gasteiger partial charge is 0.398 e. The molecule has 2 aliphatic rings. The molecule has 4 heterocycles. The third-order valence-corrected chi connectivity index (χ3v) is 5.53. The monoisotopic (exact) mass is 440 g/mol. The molecule has 4 rings (SSSR count). The van der Waals surface area contributed by atoms with Gasteiger partial charge in [-0.2, -0.15) is 18.3 Å². The number of hydrogen-bond donors (Lipinski definition) is 3. The summed E-state index contributed by atoms with van der Waals surface area (Å²) >= 11 is 0. The zero-order chi connectivity index (χ0) is 22.3. The van der Waals surface area contributed by atoms with Crippen molar-refractivity contribution in [1.82, 2.24) is 20.4 Å². The van der Waals surface area contributed by atoms with Crippen LogP contribution in [0, 0.1) is 0 Å². The normalized spacial score (nSPS) is 22.4. The maximum absolute atomic E-state index is 13.6. The number of nitrogens with zero attached hydrogens (tertiary/aromatic N) is 4. The van der Waals surface area contributed by atoms with Gasteiger partial charge in [0.2, 0.25) is 5.88 Å². The highest BCUT2D eigenvalue weighted by molar-refractivity contribution is 5.97. The fraction of sp³-hybridized carbons (Fsp3) is 0.579. The Balaban J connectivity index is 1.50. The van der Waals surface area contributed by atoms with Crippen LogP contribution in [0.4, 0.5) is 24.8 Å². The number of H-pyrrole nitrogens is 1. The van der Waals surface area contributed by atoms with Gasteiger partial charge < -0.3 is 20.1 Å². The zero-order valence-electron chi connectivity index (χ0n) is 17.0. The molecule has 9 nitrogen and oxygen atoms in total. The minimum absolute atomic E-state index is 0.0138. The highest BCUT2D eigenvalue weighted by Gasteiger charge is 2.53. The fourth-order valence-corrected chi connectivity index (χ4v) is 4.11. The number of fused-ring (bicyclic) bond motifs is 1. The third-order valence-electron chi connectivity index (χ3n) is 5.53. The lowest BCUT2D eigenvalue weighted by atomic mass is 9.83. The Morgan fingerprint density at radius 3 is 2.52 bits per heavy atom. The van der Waals surface area contributed by atoms with Crippen LogP contribution in [0.1, 0.15) is 49.8 Å². The molecule has 1 amide bonds. The van der Waals surface area contributed by atoms with Gasteiger partial charge in [-0.15, -0.1) is 10.2 Å². The molecule has 2 atom stereocenters. The van der Waals surface area contributed by atoms with Crippen molar-refractivity contribution in [2.45, 2.75) is 56.9 Å². The van der Waals surface area contributed by atoms with Crippen LogP contribution < -0.4 is 15.0 Å². The van der Waals surface area contributed by atoms with Gasteiger partial charge in [-0.05, 0) is 32.8 Å². The Bertz CT molecular complexity index is 938. The van der Waals surface area contributed by atoms with E-state index in [1.54, 1.807) is 12.1 Å². The van der Waals surface area contributed by atoms with E-state index in [1.807, 2.05) is 18.7 Å². The summed E-state index contributed by atoms with van der Waals surface area (Å²) in [7, 11) is 0. The van der Waals surface area contributed by atoms with Crippen LogP contribution >= 0.6 is 0 Å². The number of aliphatic hydroxyl groups is 1. The molecule has 0 saturated carbocycles. The van der Waals surface area contributed by atoms with Gasteiger partial charge in [0, 0.05) is 36.3 Å². The number of anilines is 2. The number of aromatic amines is 1. The molecular formula is C19H23F3N6O3. The molecule has 12 heteroatoms. The van der Waals surface area contributed by atoms with Crippen LogP contribution in [0.5, 0.6) is 5.88 Å². The molecule has 0 bridgehead atoms. The molecule has 0 spiro atoms. The van der Waals surface area contributed by atoms with E-state index in [2.05, 4.69) is 25.7 Å². The number of aliphatic hydroxyl groups excluding tert-OH is 1. The highest BCUT2D eigenvalue weighted by Crippen LogP contribution is 2.47. The van der Waals surface area contributed by atoms with E-state index < -0.39 is 24.1 Å². The Morgan fingerprint density at radius 2 is 1.94 bits per heavy atom. The summed E-state index contributed by atoms with van der Waals surface area (Å²) in [6, 6.07) is 3.53. The third kappa shape index (κ3) is 4.16. The molecule has 2 aromatic rings. The van der Waals surface area contributed by atoms with Crippen LogP contribution in [0.15, 0.2) is 12.1 Å². The molecule has 1 saturated heterocycles. The van der Waals surface area contributed by atoms with E-state index in [0.29, 0.717) is 43.3 Å². The molecule has 0 aromatic carbocycles. The second-order valence-corrected chi connectivity index (χ2v) is 8.01. The first-order valence-electron chi connectivity index (χ1n) is 10.0. The van der Waals surface area contributed by atoms with E-state index in [4.69, 9.17) is 4.74 Å². The topological polar surface area (TPSA) is 116 Å². The summed E-state index contributed by atoms with van der Waals surface area (Å²) in [5, 5.41) is 26.9. The van der Waals surface area contributed by atoms with Gasteiger partial charge in [0.25, 0.3) is 5.91 Å². The fourth-order valence-electron chi connectivity index (χ4n) is 4.11. The van der Waals surface area contributed by atoms with E-state index in [-0.39, 0.29) is 23.4 Å². The highest BCUT2D eigenvalue weighted by atomic mass is 19.4.